The van der Waals surface area contributed by atoms with Crippen LogP contribution >= 0.6 is 15.9 Å². The van der Waals surface area contributed by atoms with Crippen molar-refractivity contribution in [1.29, 1.82) is 0 Å². The molecule has 0 radical (unpaired) electrons. The van der Waals surface area contributed by atoms with Crippen molar-refractivity contribution in [2.24, 2.45) is 7.05 Å². The second kappa shape index (κ2) is 5.47. The number of hydrogen-bond donors (Lipinski definition) is 1. The maximum Gasteiger partial charge on any atom is 0.418 e. The predicted molar refractivity (Wildman–Crippen MR) is 74.4 cm³/mol. The van der Waals surface area contributed by atoms with E-state index in [9.17, 15) is 13.2 Å². The lowest BCUT2D eigenvalue weighted by Gasteiger charge is -2.14. The lowest BCUT2D eigenvalue weighted by Crippen LogP contribution is -2.12. The van der Waals surface area contributed by atoms with E-state index in [2.05, 4.69) is 26.3 Å². The molecule has 7 heteroatoms. The van der Waals surface area contributed by atoms with Gasteiger partial charge in [-0.25, -0.2) is 0 Å². The zero-order chi connectivity index (χ0) is 14.9. The number of aromatic nitrogens is 2. The Balaban J connectivity index is 2.24. The van der Waals surface area contributed by atoms with Crippen LogP contribution in [0.2, 0.25) is 0 Å². The van der Waals surface area contributed by atoms with E-state index < -0.39 is 11.7 Å². The van der Waals surface area contributed by atoms with Crippen molar-refractivity contribution < 1.29 is 13.2 Å². The highest BCUT2D eigenvalue weighted by Gasteiger charge is 2.33. The molecule has 2 rings (SSSR count). The van der Waals surface area contributed by atoms with Gasteiger partial charge < -0.3 is 5.32 Å². The first-order chi connectivity index (χ1) is 9.30. The van der Waals surface area contributed by atoms with Gasteiger partial charge in [0, 0.05) is 12.7 Å². The summed E-state index contributed by atoms with van der Waals surface area (Å²) in [6.45, 7) is 2.09. The first-order valence-electron chi connectivity index (χ1n) is 5.88. The molecule has 1 N–H and O–H groups in total. The summed E-state index contributed by atoms with van der Waals surface area (Å²) in [7, 11) is 1.75. The number of nitrogens with zero attached hydrogens (tertiary/aromatic N) is 2. The van der Waals surface area contributed by atoms with Crippen molar-refractivity contribution in [3.05, 3.63) is 45.7 Å². The van der Waals surface area contributed by atoms with Gasteiger partial charge in [0.15, 0.2) is 0 Å². The standard InChI is InChI=1S/C13H13BrF3N3/c1-8-12(14)11(20(2)19-8)7-18-10-6-4-3-5-9(10)13(15,16)17/h3-6,18H,7H2,1-2H3. The molecule has 0 saturated heterocycles. The molecule has 108 valence electrons. The number of benzene rings is 1. The highest BCUT2D eigenvalue weighted by Crippen LogP contribution is 2.35. The number of hydrogen-bond acceptors (Lipinski definition) is 2. The molecule has 1 aromatic heterocycles. The molecule has 0 aliphatic carbocycles. The van der Waals surface area contributed by atoms with Gasteiger partial charge in [0.1, 0.15) is 0 Å². The Kier molecular flexibility index (Phi) is 4.08. The van der Waals surface area contributed by atoms with Gasteiger partial charge in [-0.1, -0.05) is 12.1 Å². The van der Waals surface area contributed by atoms with E-state index in [-0.39, 0.29) is 12.2 Å². The summed E-state index contributed by atoms with van der Waals surface area (Å²) in [4.78, 5) is 0. The van der Waals surface area contributed by atoms with E-state index in [1.54, 1.807) is 17.8 Å². The molecule has 0 atom stereocenters. The number of alkyl halides is 3. The van der Waals surface area contributed by atoms with Crippen molar-refractivity contribution >= 4 is 21.6 Å². The Morgan fingerprint density at radius 1 is 1.30 bits per heavy atom. The SMILES string of the molecule is Cc1nn(C)c(CNc2ccccc2C(F)(F)F)c1Br. The molecule has 0 saturated carbocycles. The molecular formula is C13H13BrF3N3. The zero-order valence-corrected chi connectivity index (χ0v) is 12.5. The van der Waals surface area contributed by atoms with Gasteiger partial charge >= 0.3 is 6.18 Å². The van der Waals surface area contributed by atoms with Crippen molar-refractivity contribution in [1.82, 2.24) is 9.78 Å². The molecule has 1 aromatic carbocycles. The third-order valence-electron chi connectivity index (χ3n) is 2.94. The number of para-hydroxylation sites is 1. The number of aryl methyl sites for hydroxylation is 2. The van der Waals surface area contributed by atoms with Crippen molar-refractivity contribution in [3.8, 4) is 0 Å². The van der Waals surface area contributed by atoms with Crippen LogP contribution in [-0.2, 0) is 19.8 Å². The highest BCUT2D eigenvalue weighted by molar-refractivity contribution is 9.10. The van der Waals surface area contributed by atoms with Crippen LogP contribution in [0, 0.1) is 6.92 Å². The Morgan fingerprint density at radius 3 is 2.50 bits per heavy atom. The minimum atomic E-state index is -4.37. The van der Waals surface area contributed by atoms with Gasteiger partial charge in [0.2, 0.25) is 0 Å². The van der Waals surface area contributed by atoms with Gasteiger partial charge in [-0.05, 0) is 35.0 Å². The monoisotopic (exact) mass is 347 g/mol. The molecule has 0 aliphatic heterocycles. The largest absolute Gasteiger partial charge is 0.418 e. The third-order valence-corrected chi connectivity index (χ3v) is 3.97. The Hall–Kier alpha value is -1.50. The molecule has 1 heterocycles. The lowest BCUT2D eigenvalue weighted by molar-refractivity contribution is -0.136. The fraction of sp³-hybridized carbons (Fsp3) is 0.308. The van der Waals surface area contributed by atoms with Crippen LogP contribution in [0.1, 0.15) is 17.0 Å². The van der Waals surface area contributed by atoms with Crippen LogP contribution in [-0.4, -0.2) is 9.78 Å². The second-order valence-electron chi connectivity index (χ2n) is 4.37. The smallest absolute Gasteiger partial charge is 0.379 e. The lowest BCUT2D eigenvalue weighted by atomic mass is 10.1. The first-order valence-corrected chi connectivity index (χ1v) is 6.68. The molecule has 0 spiro atoms. The number of halogens is 4. The number of rotatable bonds is 3. The van der Waals surface area contributed by atoms with E-state index >= 15 is 0 Å². The minimum absolute atomic E-state index is 0.0609. The van der Waals surface area contributed by atoms with E-state index in [0.717, 1.165) is 21.9 Å². The molecule has 0 aliphatic rings. The maximum absolute atomic E-state index is 12.9. The summed E-state index contributed by atoms with van der Waals surface area (Å²) >= 11 is 3.39. The summed E-state index contributed by atoms with van der Waals surface area (Å²) in [6, 6.07) is 5.42. The van der Waals surface area contributed by atoms with Crippen molar-refractivity contribution in [2.45, 2.75) is 19.6 Å². The Morgan fingerprint density at radius 2 is 1.95 bits per heavy atom. The van der Waals surface area contributed by atoms with Crippen LogP contribution in [0.15, 0.2) is 28.7 Å². The van der Waals surface area contributed by atoms with Crippen LogP contribution in [0.3, 0.4) is 0 Å². The molecule has 20 heavy (non-hydrogen) atoms. The van der Waals surface area contributed by atoms with Crippen LogP contribution in [0.25, 0.3) is 0 Å². The Bertz CT molecular complexity index is 620. The topological polar surface area (TPSA) is 29.9 Å². The number of nitrogens with one attached hydrogen (secondary N) is 1. The zero-order valence-electron chi connectivity index (χ0n) is 10.9. The van der Waals surface area contributed by atoms with Gasteiger partial charge in [0.05, 0.1) is 28.0 Å². The predicted octanol–water partition coefficient (Wildman–Crippen LogP) is 4.12. The molecule has 0 amide bonds. The van der Waals surface area contributed by atoms with Crippen LogP contribution < -0.4 is 5.32 Å². The fourth-order valence-electron chi connectivity index (χ4n) is 1.94. The fourth-order valence-corrected chi connectivity index (χ4v) is 2.41. The van der Waals surface area contributed by atoms with Crippen molar-refractivity contribution in [3.63, 3.8) is 0 Å². The summed E-state index contributed by atoms with van der Waals surface area (Å²) in [5.41, 5.74) is 0.980. The summed E-state index contributed by atoms with van der Waals surface area (Å²) in [5, 5.41) is 7.02. The van der Waals surface area contributed by atoms with Crippen molar-refractivity contribution in [2.75, 3.05) is 5.32 Å². The third kappa shape index (κ3) is 2.98. The molecular weight excluding hydrogens is 335 g/mol. The Labute approximate surface area is 122 Å². The maximum atomic E-state index is 12.9. The van der Waals surface area contributed by atoms with Gasteiger partial charge in [-0.15, -0.1) is 0 Å². The van der Waals surface area contributed by atoms with Crippen LogP contribution in [0.4, 0.5) is 18.9 Å². The first kappa shape index (κ1) is 14.9. The molecule has 2 aromatic rings. The average Bonchev–Trinajstić information content (AvgIpc) is 2.60. The molecule has 0 unspecified atom stereocenters. The average molecular weight is 348 g/mol. The minimum Gasteiger partial charge on any atom is -0.379 e. The van der Waals surface area contributed by atoms with Gasteiger partial charge in [0.25, 0.3) is 0 Å². The molecule has 3 nitrogen and oxygen atoms in total. The summed E-state index contributed by atoms with van der Waals surface area (Å²) < 4.78 is 41.1. The number of anilines is 1. The van der Waals surface area contributed by atoms with Gasteiger partial charge in [-0.2, -0.15) is 18.3 Å². The van der Waals surface area contributed by atoms with E-state index in [1.807, 2.05) is 6.92 Å². The van der Waals surface area contributed by atoms with Crippen LogP contribution in [0.5, 0.6) is 0 Å². The highest BCUT2D eigenvalue weighted by atomic mass is 79.9. The van der Waals surface area contributed by atoms with E-state index in [0.29, 0.717) is 0 Å². The van der Waals surface area contributed by atoms with Gasteiger partial charge in [-0.3, -0.25) is 4.68 Å². The normalized spacial score (nSPS) is 11.7. The quantitative estimate of drug-likeness (QED) is 0.904. The van der Waals surface area contributed by atoms with E-state index in [4.69, 9.17) is 0 Å². The van der Waals surface area contributed by atoms with E-state index in [1.165, 1.54) is 12.1 Å². The molecule has 0 bridgehead atoms. The summed E-state index contributed by atoms with van der Waals surface area (Å²) in [5.74, 6) is 0. The second-order valence-corrected chi connectivity index (χ2v) is 5.16. The summed E-state index contributed by atoms with van der Waals surface area (Å²) in [6.07, 6.45) is -4.37. The molecule has 0 fully saturated rings.